The van der Waals surface area contributed by atoms with Gasteiger partial charge in [-0.25, -0.2) is 4.98 Å². The van der Waals surface area contributed by atoms with Crippen molar-refractivity contribution < 1.29 is 0 Å². The monoisotopic (exact) mass is 200 g/mol. The number of nitrogens with two attached hydrogens (primary N) is 1. The molecular formula is C11H8N2S. The van der Waals surface area contributed by atoms with Crippen LogP contribution in [0.1, 0.15) is 5.56 Å². The van der Waals surface area contributed by atoms with Crippen LogP contribution in [0.3, 0.4) is 0 Å². The van der Waals surface area contributed by atoms with Gasteiger partial charge in [0.1, 0.15) is 0 Å². The normalized spacial score (nSPS) is 9.64. The Bertz CT molecular complexity index is 477. The molecule has 0 aliphatic heterocycles. The molecule has 0 fully saturated rings. The Morgan fingerprint density at radius 1 is 1.29 bits per heavy atom. The lowest BCUT2D eigenvalue weighted by Gasteiger charge is -1.95. The van der Waals surface area contributed by atoms with Gasteiger partial charge in [0, 0.05) is 16.5 Å². The first kappa shape index (κ1) is 8.79. The number of nitrogens with zero attached hydrogens (tertiary/aromatic N) is 1. The molecule has 1 heterocycles. The molecule has 3 heteroatoms. The second kappa shape index (κ2) is 3.52. The quantitative estimate of drug-likeness (QED) is 0.718. The highest BCUT2D eigenvalue weighted by Crippen LogP contribution is 2.22. The number of terminal acetylenes is 1. The summed E-state index contributed by atoms with van der Waals surface area (Å²) in [5.41, 5.74) is 8.36. The van der Waals surface area contributed by atoms with Gasteiger partial charge in [0.05, 0.1) is 5.69 Å². The molecule has 2 rings (SSSR count). The molecule has 68 valence electrons. The molecule has 0 atom stereocenters. The molecule has 0 aliphatic carbocycles. The maximum Gasteiger partial charge on any atom is 0.180 e. The molecule has 1 aromatic heterocycles. The van der Waals surface area contributed by atoms with Crippen molar-refractivity contribution >= 4 is 16.5 Å². The standard InChI is InChI=1S/C11H8N2S/c1-2-8-3-5-9(6-4-8)10-7-14-11(12)13-10/h1,3-7H,(H2,12,13). The molecule has 0 radical (unpaired) electrons. The lowest BCUT2D eigenvalue weighted by atomic mass is 10.1. The van der Waals surface area contributed by atoms with Gasteiger partial charge in [-0.1, -0.05) is 18.1 Å². The van der Waals surface area contributed by atoms with E-state index in [0.717, 1.165) is 16.8 Å². The van der Waals surface area contributed by atoms with Crippen LogP contribution in [0.2, 0.25) is 0 Å². The number of hydrogen-bond acceptors (Lipinski definition) is 3. The fourth-order valence-electron chi connectivity index (χ4n) is 1.16. The van der Waals surface area contributed by atoms with Gasteiger partial charge in [0.25, 0.3) is 0 Å². The predicted molar refractivity (Wildman–Crippen MR) is 59.9 cm³/mol. The van der Waals surface area contributed by atoms with E-state index in [1.807, 2.05) is 29.6 Å². The van der Waals surface area contributed by atoms with Gasteiger partial charge in [-0.05, 0) is 12.1 Å². The highest BCUT2D eigenvalue weighted by atomic mass is 32.1. The summed E-state index contributed by atoms with van der Waals surface area (Å²) < 4.78 is 0. The van der Waals surface area contributed by atoms with Gasteiger partial charge in [0.15, 0.2) is 5.13 Å². The lowest BCUT2D eigenvalue weighted by molar-refractivity contribution is 1.41. The van der Waals surface area contributed by atoms with E-state index in [9.17, 15) is 0 Å². The van der Waals surface area contributed by atoms with E-state index < -0.39 is 0 Å². The third kappa shape index (κ3) is 1.61. The summed E-state index contributed by atoms with van der Waals surface area (Å²) in [6, 6.07) is 7.68. The molecule has 0 unspecified atom stereocenters. The summed E-state index contributed by atoms with van der Waals surface area (Å²) in [6.45, 7) is 0. The first-order valence-electron chi connectivity index (χ1n) is 4.07. The Kier molecular flexibility index (Phi) is 2.21. The molecule has 2 nitrogen and oxygen atoms in total. The second-order valence-corrected chi connectivity index (χ2v) is 3.68. The average molecular weight is 200 g/mol. The van der Waals surface area contributed by atoms with Crippen LogP contribution < -0.4 is 5.73 Å². The Hall–Kier alpha value is -1.79. The van der Waals surface area contributed by atoms with Gasteiger partial charge >= 0.3 is 0 Å². The van der Waals surface area contributed by atoms with E-state index >= 15 is 0 Å². The van der Waals surface area contributed by atoms with Gasteiger partial charge < -0.3 is 5.73 Å². The van der Waals surface area contributed by atoms with Crippen molar-refractivity contribution in [2.75, 3.05) is 5.73 Å². The second-order valence-electron chi connectivity index (χ2n) is 2.79. The maximum absolute atomic E-state index is 5.55. The van der Waals surface area contributed by atoms with E-state index in [-0.39, 0.29) is 0 Å². The van der Waals surface area contributed by atoms with Crippen LogP contribution in [-0.2, 0) is 0 Å². The van der Waals surface area contributed by atoms with Crippen LogP contribution in [0.15, 0.2) is 29.6 Å². The number of anilines is 1. The largest absolute Gasteiger partial charge is 0.375 e. The summed E-state index contributed by atoms with van der Waals surface area (Å²) in [5, 5.41) is 2.52. The number of rotatable bonds is 1. The molecule has 0 spiro atoms. The maximum atomic E-state index is 5.55. The zero-order chi connectivity index (χ0) is 9.97. The first-order chi connectivity index (χ1) is 6.79. The van der Waals surface area contributed by atoms with Gasteiger partial charge in [0.2, 0.25) is 0 Å². The average Bonchev–Trinajstić information content (AvgIpc) is 2.65. The van der Waals surface area contributed by atoms with Crippen LogP contribution in [0.4, 0.5) is 5.13 Å². The summed E-state index contributed by atoms with van der Waals surface area (Å²) in [4.78, 5) is 4.18. The Morgan fingerprint density at radius 2 is 2.00 bits per heavy atom. The van der Waals surface area contributed by atoms with Crippen molar-refractivity contribution in [2.45, 2.75) is 0 Å². The van der Waals surface area contributed by atoms with E-state index in [4.69, 9.17) is 12.2 Å². The molecule has 2 N–H and O–H groups in total. The summed E-state index contributed by atoms with van der Waals surface area (Å²) in [7, 11) is 0. The molecule has 0 aliphatic rings. The summed E-state index contributed by atoms with van der Waals surface area (Å²) >= 11 is 1.44. The van der Waals surface area contributed by atoms with Crippen LogP contribution in [0.25, 0.3) is 11.3 Å². The number of nitrogen functional groups attached to an aromatic ring is 1. The molecule has 1 aromatic carbocycles. The Labute approximate surface area is 86.4 Å². The number of thiazole rings is 1. The molecule has 14 heavy (non-hydrogen) atoms. The van der Waals surface area contributed by atoms with E-state index in [2.05, 4.69) is 10.9 Å². The predicted octanol–water partition coefficient (Wildman–Crippen LogP) is 2.37. The Morgan fingerprint density at radius 3 is 2.50 bits per heavy atom. The zero-order valence-corrected chi connectivity index (χ0v) is 8.21. The van der Waals surface area contributed by atoms with Crippen molar-refractivity contribution in [1.29, 1.82) is 0 Å². The van der Waals surface area contributed by atoms with Gasteiger partial charge in [-0.3, -0.25) is 0 Å². The molecule has 0 saturated carbocycles. The SMILES string of the molecule is C#Cc1ccc(-c2csc(N)n2)cc1. The van der Waals surface area contributed by atoms with Crippen LogP contribution in [0.5, 0.6) is 0 Å². The van der Waals surface area contributed by atoms with Crippen LogP contribution in [-0.4, -0.2) is 4.98 Å². The van der Waals surface area contributed by atoms with Gasteiger partial charge in [-0.15, -0.1) is 17.8 Å². The van der Waals surface area contributed by atoms with E-state index in [1.54, 1.807) is 0 Å². The van der Waals surface area contributed by atoms with Crippen molar-refractivity contribution in [3.8, 4) is 23.6 Å². The Balaban J connectivity index is 2.39. The van der Waals surface area contributed by atoms with Crippen LogP contribution >= 0.6 is 11.3 Å². The summed E-state index contributed by atoms with van der Waals surface area (Å²) in [6.07, 6.45) is 5.26. The van der Waals surface area contributed by atoms with Crippen molar-refractivity contribution in [2.24, 2.45) is 0 Å². The minimum absolute atomic E-state index is 0.584. The van der Waals surface area contributed by atoms with Crippen molar-refractivity contribution in [3.05, 3.63) is 35.2 Å². The third-order valence-electron chi connectivity index (χ3n) is 1.87. The molecular weight excluding hydrogens is 192 g/mol. The third-order valence-corrected chi connectivity index (χ3v) is 2.54. The minimum Gasteiger partial charge on any atom is -0.375 e. The lowest BCUT2D eigenvalue weighted by Crippen LogP contribution is -1.83. The van der Waals surface area contributed by atoms with E-state index in [0.29, 0.717) is 5.13 Å². The van der Waals surface area contributed by atoms with Gasteiger partial charge in [-0.2, -0.15) is 0 Å². The highest BCUT2D eigenvalue weighted by Gasteiger charge is 2.01. The number of hydrogen-bond donors (Lipinski definition) is 1. The molecule has 0 amide bonds. The smallest absolute Gasteiger partial charge is 0.180 e. The van der Waals surface area contributed by atoms with Crippen molar-refractivity contribution in [3.63, 3.8) is 0 Å². The zero-order valence-electron chi connectivity index (χ0n) is 7.40. The minimum atomic E-state index is 0.584. The van der Waals surface area contributed by atoms with Crippen molar-refractivity contribution in [1.82, 2.24) is 4.98 Å². The summed E-state index contributed by atoms with van der Waals surface area (Å²) in [5.74, 6) is 2.57. The fraction of sp³-hybridized carbons (Fsp3) is 0. The molecule has 0 bridgehead atoms. The number of benzene rings is 1. The topological polar surface area (TPSA) is 38.9 Å². The molecule has 0 saturated heterocycles. The fourth-order valence-corrected chi connectivity index (χ4v) is 1.73. The number of aromatic nitrogens is 1. The van der Waals surface area contributed by atoms with E-state index in [1.165, 1.54) is 11.3 Å². The highest BCUT2D eigenvalue weighted by molar-refractivity contribution is 7.13. The molecule has 2 aromatic rings. The van der Waals surface area contributed by atoms with Crippen LogP contribution in [0, 0.1) is 12.3 Å². The first-order valence-corrected chi connectivity index (χ1v) is 4.95.